The molecule has 1 aromatic carbocycles. The molecule has 0 aliphatic heterocycles. The summed E-state index contributed by atoms with van der Waals surface area (Å²) in [5.74, 6) is 0.447. The minimum atomic E-state index is -0.239. The Hall–Kier alpha value is -2.36. The first-order valence-electron chi connectivity index (χ1n) is 6.75. The van der Waals surface area contributed by atoms with Crippen LogP contribution in [0.5, 0.6) is 5.75 Å². The van der Waals surface area contributed by atoms with E-state index in [1.54, 1.807) is 24.4 Å². The van der Waals surface area contributed by atoms with Crippen LogP contribution in [0.3, 0.4) is 0 Å². The van der Waals surface area contributed by atoms with Crippen LogP contribution < -0.4 is 10.1 Å². The molecule has 4 heteroatoms. The maximum absolute atomic E-state index is 12.1. The van der Waals surface area contributed by atoms with Crippen LogP contribution in [-0.4, -0.2) is 17.5 Å². The van der Waals surface area contributed by atoms with Crippen molar-refractivity contribution < 1.29 is 9.53 Å². The zero-order valence-electron chi connectivity index (χ0n) is 11.5. The van der Waals surface area contributed by atoms with Crippen molar-refractivity contribution in [2.75, 3.05) is 11.9 Å². The number of amides is 1. The van der Waals surface area contributed by atoms with Gasteiger partial charge in [-0.25, -0.2) is 0 Å². The number of para-hydroxylation sites is 2. The van der Waals surface area contributed by atoms with Crippen LogP contribution >= 0.6 is 0 Å². The largest absolute Gasteiger partial charge is 0.491 e. The number of unbranched alkanes of at least 4 members (excludes halogenated alkanes) is 1. The fourth-order valence-electron chi connectivity index (χ4n) is 1.71. The van der Waals surface area contributed by atoms with Crippen LogP contribution in [0.15, 0.2) is 48.7 Å². The summed E-state index contributed by atoms with van der Waals surface area (Å²) in [5, 5.41) is 2.83. The van der Waals surface area contributed by atoms with Gasteiger partial charge in [0.1, 0.15) is 11.4 Å². The van der Waals surface area contributed by atoms with Crippen LogP contribution in [0.1, 0.15) is 30.3 Å². The van der Waals surface area contributed by atoms with Gasteiger partial charge >= 0.3 is 0 Å². The average Bonchev–Trinajstić information content (AvgIpc) is 2.50. The molecular weight excluding hydrogens is 252 g/mol. The Morgan fingerprint density at radius 1 is 1.20 bits per heavy atom. The highest BCUT2D eigenvalue weighted by molar-refractivity contribution is 6.03. The van der Waals surface area contributed by atoms with E-state index in [0.29, 0.717) is 23.7 Å². The van der Waals surface area contributed by atoms with Gasteiger partial charge in [0.2, 0.25) is 0 Å². The summed E-state index contributed by atoms with van der Waals surface area (Å²) >= 11 is 0. The Balaban J connectivity index is 2.07. The van der Waals surface area contributed by atoms with Crippen molar-refractivity contribution in [2.24, 2.45) is 0 Å². The van der Waals surface area contributed by atoms with Gasteiger partial charge in [-0.2, -0.15) is 0 Å². The quantitative estimate of drug-likeness (QED) is 0.817. The molecule has 2 aromatic rings. The van der Waals surface area contributed by atoms with Gasteiger partial charge in [-0.15, -0.1) is 0 Å². The number of anilines is 1. The summed E-state index contributed by atoms with van der Waals surface area (Å²) in [4.78, 5) is 16.1. The zero-order valence-corrected chi connectivity index (χ0v) is 11.5. The lowest BCUT2D eigenvalue weighted by atomic mass is 10.2. The Kier molecular flexibility index (Phi) is 5.12. The smallest absolute Gasteiger partial charge is 0.274 e. The number of nitrogens with zero attached hydrogens (tertiary/aromatic N) is 1. The first kappa shape index (κ1) is 14.1. The maximum Gasteiger partial charge on any atom is 0.274 e. The van der Waals surface area contributed by atoms with Gasteiger partial charge in [0, 0.05) is 6.20 Å². The summed E-state index contributed by atoms with van der Waals surface area (Å²) in [5.41, 5.74) is 1.05. The van der Waals surface area contributed by atoms with E-state index in [1.165, 1.54) is 0 Å². The van der Waals surface area contributed by atoms with Crippen molar-refractivity contribution in [2.45, 2.75) is 19.8 Å². The average molecular weight is 270 g/mol. The summed E-state index contributed by atoms with van der Waals surface area (Å²) in [7, 11) is 0. The number of nitrogens with one attached hydrogen (secondary N) is 1. The molecule has 20 heavy (non-hydrogen) atoms. The molecule has 1 aromatic heterocycles. The van der Waals surface area contributed by atoms with E-state index in [2.05, 4.69) is 17.2 Å². The van der Waals surface area contributed by atoms with Gasteiger partial charge < -0.3 is 10.1 Å². The van der Waals surface area contributed by atoms with Crippen molar-refractivity contribution in [1.29, 1.82) is 0 Å². The highest BCUT2D eigenvalue weighted by Gasteiger charge is 2.10. The van der Waals surface area contributed by atoms with Crippen molar-refractivity contribution in [3.05, 3.63) is 54.4 Å². The third kappa shape index (κ3) is 3.82. The molecule has 1 amide bonds. The fourth-order valence-corrected chi connectivity index (χ4v) is 1.71. The predicted octanol–water partition coefficient (Wildman–Crippen LogP) is 3.51. The second-order valence-electron chi connectivity index (χ2n) is 4.37. The molecule has 104 valence electrons. The second kappa shape index (κ2) is 7.28. The maximum atomic E-state index is 12.1. The van der Waals surface area contributed by atoms with Crippen LogP contribution in [0.2, 0.25) is 0 Å². The number of ether oxygens (including phenoxy) is 1. The molecule has 0 aliphatic rings. The number of carbonyl (C=O) groups is 1. The first-order chi connectivity index (χ1) is 9.81. The molecule has 0 fully saturated rings. The third-order valence-corrected chi connectivity index (χ3v) is 2.79. The molecule has 0 radical (unpaired) electrons. The van der Waals surface area contributed by atoms with E-state index < -0.39 is 0 Å². The Bertz CT molecular complexity index is 555. The van der Waals surface area contributed by atoms with Gasteiger partial charge in [0.25, 0.3) is 5.91 Å². The van der Waals surface area contributed by atoms with E-state index in [-0.39, 0.29) is 5.91 Å². The molecule has 0 spiro atoms. The van der Waals surface area contributed by atoms with Crippen molar-refractivity contribution in [3.8, 4) is 5.75 Å². The van der Waals surface area contributed by atoms with Crippen molar-refractivity contribution in [3.63, 3.8) is 0 Å². The highest BCUT2D eigenvalue weighted by atomic mass is 16.5. The third-order valence-electron chi connectivity index (χ3n) is 2.79. The zero-order chi connectivity index (χ0) is 14.2. The summed E-state index contributed by atoms with van der Waals surface area (Å²) in [6.45, 7) is 2.76. The van der Waals surface area contributed by atoms with Crippen LogP contribution in [0.25, 0.3) is 0 Å². The van der Waals surface area contributed by atoms with Crippen LogP contribution in [0, 0.1) is 0 Å². The highest BCUT2D eigenvalue weighted by Crippen LogP contribution is 2.24. The van der Waals surface area contributed by atoms with Gasteiger partial charge in [0.05, 0.1) is 12.3 Å². The number of hydrogen-bond donors (Lipinski definition) is 1. The number of rotatable bonds is 6. The number of aromatic nitrogens is 1. The normalized spacial score (nSPS) is 10.1. The Morgan fingerprint density at radius 2 is 2.00 bits per heavy atom. The molecule has 0 saturated heterocycles. The van der Waals surface area contributed by atoms with Crippen LogP contribution in [-0.2, 0) is 0 Å². The minimum absolute atomic E-state index is 0.239. The molecule has 2 rings (SSSR count). The van der Waals surface area contributed by atoms with Gasteiger partial charge in [-0.1, -0.05) is 31.5 Å². The number of benzene rings is 1. The summed E-state index contributed by atoms with van der Waals surface area (Å²) in [6.07, 6.45) is 3.66. The second-order valence-corrected chi connectivity index (χ2v) is 4.37. The fraction of sp³-hybridized carbons (Fsp3) is 0.250. The molecule has 0 saturated carbocycles. The molecule has 1 N–H and O–H groups in total. The lowest BCUT2D eigenvalue weighted by Crippen LogP contribution is -2.14. The number of hydrogen-bond acceptors (Lipinski definition) is 3. The lowest BCUT2D eigenvalue weighted by molar-refractivity contribution is 0.102. The SMILES string of the molecule is CCCCOc1ccccc1NC(=O)c1ccccn1. The van der Waals surface area contributed by atoms with Gasteiger partial charge in [0.15, 0.2) is 0 Å². The Morgan fingerprint density at radius 3 is 2.75 bits per heavy atom. The molecule has 4 nitrogen and oxygen atoms in total. The van der Waals surface area contributed by atoms with E-state index in [4.69, 9.17) is 4.74 Å². The van der Waals surface area contributed by atoms with Gasteiger partial charge in [-0.05, 0) is 30.7 Å². The Labute approximate surface area is 118 Å². The predicted molar refractivity (Wildman–Crippen MR) is 79.0 cm³/mol. The van der Waals surface area contributed by atoms with E-state index in [0.717, 1.165) is 12.8 Å². The monoisotopic (exact) mass is 270 g/mol. The van der Waals surface area contributed by atoms with Crippen LogP contribution in [0.4, 0.5) is 5.69 Å². The standard InChI is InChI=1S/C16H18N2O2/c1-2-3-12-20-15-10-5-4-8-13(15)18-16(19)14-9-6-7-11-17-14/h4-11H,2-3,12H2,1H3,(H,18,19). The molecule has 0 atom stereocenters. The van der Waals surface area contributed by atoms with Crippen molar-refractivity contribution >= 4 is 11.6 Å². The lowest BCUT2D eigenvalue weighted by Gasteiger charge is -2.11. The van der Waals surface area contributed by atoms with E-state index in [9.17, 15) is 4.79 Å². The first-order valence-corrected chi connectivity index (χ1v) is 6.75. The molecule has 0 unspecified atom stereocenters. The molecule has 1 heterocycles. The topological polar surface area (TPSA) is 51.2 Å². The summed E-state index contributed by atoms with van der Waals surface area (Å²) in [6, 6.07) is 12.7. The number of pyridine rings is 1. The van der Waals surface area contributed by atoms with Crippen molar-refractivity contribution in [1.82, 2.24) is 4.98 Å². The van der Waals surface area contributed by atoms with E-state index in [1.807, 2.05) is 24.3 Å². The number of carbonyl (C=O) groups excluding carboxylic acids is 1. The summed E-state index contributed by atoms with van der Waals surface area (Å²) < 4.78 is 5.68. The molecule has 0 bridgehead atoms. The van der Waals surface area contributed by atoms with Gasteiger partial charge in [-0.3, -0.25) is 9.78 Å². The minimum Gasteiger partial charge on any atom is -0.491 e. The molecule has 0 aliphatic carbocycles. The van der Waals surface area contributed by atoms with E-state index >= 15 is 0 Å². The molecular formula is C16H18N2O2.